The van der Waals surface area contributed by atoms with Crippen LogP contribution in [0.3, 0.4) is 0 Å². The summed E-state index contributed by atoms with van der Waals surface area (Å²) in [5, 5.41) is 5.75. The molecule has 4 N–H and O–H groups in total. The number of imidazole rings is 2. The fourth-order valence-electron chi connectivity index (χ4n) is 11.5. The number of alkyl carbamates (subject to hydrolysis) is 2. The van der Waals surface area contributed by atoms with Crippen LogP contribution in [0.5, 0.6) is 0 Å². The molecule has 7 atom stereocenters. The Morgan fingerprint density at radius 2 is 1.19 bits per heavy atom. The number of hydrogen-bond donors (Lipinski definition) is 4. The van der Waals surface area contributed by atoms with Gasteiger partial charge in [-0.3, -0.25) is 9.59 Å². The number of aromatic nitrogens is 4. The molecule has 364 valence electrons. The fraction of sp³-hybridized carbons (Fsp3) is 0.577. The Morgan fingerprint density at radius 1 is 0.676 bits per heavy atom. The van der Waals surface area contributed by atoms with Crippen molar-refractivity contribution in [1.82, 2.24) is 40.4 Å². The van der Waals surface area contributed by atoms with Crippen LogP contribution in [0, 0.1) is 35.5 Å². The lowest BCUT2D eigenvalue weighted by Gasteiger charge is -2.36. The molecule has 0 bridgehead atoms. The molecule has 4 heterocycles. The predicted molar refractivity (Wildman–Crippen MR) is 255 cm³/mol. The lowest BCUT2D eigenvalue weighted by Crippen LogP contribution is -2.54. The predicted octanol–water partition coefficient (Wildman–Crippen LogP) is 7.45. The van der Waals surface area contributed by atoms with E-state index in [1.165, 1.54) is 30.9 Å². The normalized spacial score (nSPS) is 24.8. The Kier molecular flexibility index (Phi) is 14.0. The highest BCUT2D eigenvalue weighted by molar-refractivity contribution is 5.88. The molecule has 4 amide bonds. The minimum atomic E-state index is -0.726. The molecule has 2 aromatic heterocycles. The SMILES string of the molecule is COC(=O)NC(C(=O)N(Cc1ncc(-c2ccc(-c3ccc(-c4cnc(C(C)N(C(=O)C(NC(=O)OC)C5CCOCC5)C5C(C)C5C)[nH]4)cc3)c3c2CCC3)[nH]1)C1C(C)C1C)C1CCOCC1. The van der Waals surface area contributed by atoms with Gasteiger partial charge in [0, 0.05) is 44.1 Å². The van der Waals surface area contributed by atoms with Crippen LogP contribution in [0.1, 0.15) is 95.5 Å². The first-order valence-corrected chi connectivity index (χ1v) is 24.7. The lowest BCUT2D eigenvalue weighted by atomic mass is 9.90. The minimum absolute atomic E-state index is 0.0234. The Labute approximate surface area is 399 Å². The summed E-state index contributed by atoms with van der Waals surface area (Å²) in [5.41, 5.74) is 8.87. The van der Waals surface area contributed by atoms with E-state index < -0.39 is 24.3 Å². The summed E-state index contributed by atoms with van der Waals surface area (Å²) in [6.45, 7) is 13.2. The van der Waals surface area contributed by atoms with Crippen molar-refractivity contribution < 1.29 is 38.1 Å². The summed E-state index contributed by atoms with van der Waals surface area (Å²) >= 11 is 0. The van der Waals surface area contributed by atoms with Crippen molar-refractivity contribution in [2.45, 2.75) is 116 Å². The smallest absolute Gasteiger partial charge is 0.407 e. The summed E-state index contributed by atoms with van der Waals surface area (Å²) in [4.78, 5) is 74.6. The number of carbonyl (C=O) groups excluding carboxylic acids is 4. The number of hydrogen-bond acceptors (Lipinski definition) is 10. The maximum atomic E-state index is 14.6. The molecule has 16 heteroatoms. The van der Waals surface area contributed by atoms with Crippen LogP contribution in [0.4, 0.5) is 9.59 Å². The first-order valence-electron chi connectivity index (χ1n) is 24.7. The second-order valence-electron chi connectivity index (χ2n) is 19.9. The quantitative estimate of drug-likeness (QED) is 0.0931. The molecule has 0 spiro atoms. The van der Waals surface area contributed by atoms with Gasteiger partial charge in [-0.05, 0) is 115 Å². The third-order valence-corrected chi connectivity index (χ3v) is 16.1. The highest BCUT2D eigenvalue weighted by atomic mass is 16.5. The van der Waals surface area contributed by atoms with Crippen LogP contribution in [-0.4, -0.2) is 119 Å². The molecular weight excluding hydrogens is 865 g/mol. The molecule has 2 saturated heterocycles. The van der Waals surface area contributed by atoms with Gasteiger partial charge in [-0.2, -0.15) is 0 Å². The molecule has 0 radical (unpaired) electrons. The standard InChI is InChI=1S/C52H68N8O8/c1-28-29(2)46(28)59(49(61)44(57-51(63)65-6)35-17-21-67-22-18-35)27-43-53-26-42(55-43)40-16-15-37(38-9-8-10-39(38)40)33-11-13-34(14-12-33)41-25-54-48(56-41)32(5)60(47-30(3)31(47)4)50(62)45(58-52(64)66-7)36-19-23-68-24-20-36/h11-16,25-26,28-32,35-36,44-47H,8-10,17-24,27H2,1-7H3,(H,53,55)(H,54,56)(H,57,63)(H,58,64). The Balaban J connectivity index is 0.915. The van der Waals surface area contributed by atoms with E-state index in [1.807, 2.05) is 29.1 Å². The number of nitrogens with one attached hydrogen (secondary N) is 4. The van der Waals surface area contributed by atoms with Crippen molar-refractivity contribution in [2.75, 3.05) is 40.6 Å². The highest BCUT2D eigenvalue weighted by Crippen LogP contribution is 2.47. The van der Waals surface area contributed by atoms with Gasteiger partial charge >= 0.3 is 12.2 Å². The largest absolute Gasteiger partial charge is 0.453 e. The Morgan fingerprint density at radius 3 is 1.75 bits per heavy atom. The van der Waals surface area contributed by atoms with Gasteiger partial charge in [0.2, 0.25) is 11.8 Å². The third kappa shape index (κ3) is 9.50. The zero-order valence-corrected chi connectivity index (χ0v) is 40.5. The van der Waals surface area contributed by atoms with E-state index in [9.17, 15) is 19.2 Å². The zero-order chi connectivity index (χ0) is 47.8. The zero-order valence-electron chi connectivity index (χ0n) is 40.5. The maximum Gasteiger partial charge on any atom is 0.407 e. The van der Waals surface area contributed by atoms with E-state index in [-0.39, 0.29) is 41.8 Å². The molecular formula is C52H68N8O8. The molecule has 4 fully saturated rings. The van der Waals surface area contributed by atoms with Gasteiger partial charge < -0.3 is 49.3 Å². The molecule has 5 aliphatic rings. The number of H-pyrrole nitrogens is 2. The molecule has 4 aromatic rings. The number of carbonyl (C=O) groups is 4. The summed E-state index contributed by atoms with van der Waals surface area (Å²) in [6, 6.07) is 11.2. The molecule has 2 saturated carbocycles. The van der Waals surface area contributed by atoms with E-state index in [4.69, 9.17) is 28.9 Å². The Bertz CT molecular complexity index is 2440. The number of ether oxygens (including phenoxy) is 4. The third-order valence-electron chi connectivity index (χ3n) is 16.1. The summed E-state index contributed by atoms with van der Waals surface area (Å²) in [5.74, 6) is 2.36. The highest BCUT2D eigenvalue weighted by Gasteiger charge is 2.53. The van der Waals surface area contributed by atoms with Gasteiger partial charge in [-0.15, -0.1) is 0 Å². The van der Waals surface area contributed by atoms with Crippen LogP contribution in [-0.2, 0) is 47.9 Å². The first-order chi connectivity index (χ1) is 32.9. The number of aromatic amines is 2. The average Bonchev–Trinajstić information content (AvgIpc) is 3.83. The van der Waals surface area contributed by atoms with E-state index >= 15 is 0 Å². The van der Waals surface area contributed by atoms with Crippen LogP contribution in [0.25, 0.3) is 33.6 Å². The van der Waals surface area contributed by atoms with Crippen molar-refractivity contribution in [3.05, 3.63) is 71.6 Å². The van der Waals surface area contributed by atoms with Crippen molar-refractivity contribution >= 4 is 24.0 Å². The van der Waals surface area contributed by atoms with E-state index in [2.05, 4.69) is 84.7 Å². The second-order valence-corrected chi connectivity index (χ2v) is 19.9. The second kappa shape index (κ2) is 20.1. The van der Waals surface area contributed by atoms with Crippen LogP contribution in [0.15, 0.2) is 48.8 Å². The van der Waals surface area contributed by atoms with Gasteiger partial charge in [-0.1, -0.05) is 64.1 Å². The monoisotopic (exact) mass is 933 g/mol. The minimum Gasteiger partial charge on any atom is -0.453 e. The number of rotatable bonds is 15. The summed E-state index contributed by atoms with van der Waals surface area (Å²) in [6.07, 6.45) is 8.21. The van der Waals surface area contributed by atoms with Gasteiger partial charge in [0.05, 0.1) is 50.6 Å². The number of methoxy groups -OCH3 is 2. The first kappa shape index (κ1) is 47.3. The van der Waals surface area contributed by atoms with Gasteiger partial charge in [0.25, 0.3) is 0 Å². The number of benzene rings is 2. The molecule has 3 aliphatic carbocycles. The van der Waals surface area contributed by atoms with Crippen LogP contribution >= 0.6 is 0 Å². The van der Waals surface area contributed by atoms with E-state index in [0.717, 1.165) is 47.3 Å². The van der Waals surface area contributed by atoms with E-state index in [0.29, 0.717) is 94.0 Å². The molecule has 68 heavy (non-hydrogen) atoms. The van der Waals surface area contributed by atoms with E-state index in [1.54, 1.807) is 0 Å². The molecule has 7 unspecified atom stereocenters. The molecule has 16 nitrogen and oxygen atoms in total. The molecule has 9 rings (SSSR count). The van der Waals surface area contributed by atoms with Crippen molar-refractivity contribution in [3.8, 4) is 33.6 Å². The molecule has 2 aliphatic heterocycles. The average molecular weight is 933 g/mol. The van der Waals surface area contributed by atoms with Crippen molar-refractivity contribution in [3.63, 3.8) is 0 Å². The number of fused-ring (bicyclic) bond motifs is 1. The maximum absolute atomic E-state index is 14.6. The van der Waals surface area contributed by atoms with Crippen LogP contribution < -0.4 is 10.6 Å². The fourth-order valence-corrected chi connectivity index (χ4v) is 11.5. The molecule has 2 aromatic carbocycles. The van der Waals surface area contributed by atoms with Crippen molar-refractivity contribution in [1.29, 1.82) is 0 Å². The number of nitrogens with zero attached hydrogens (tertiary/aromatic N) is 4. The van der Waals surface area contributed by atoms with Crippen LogP contribution in [0.2, 0.25) is 0 Å². The van der Waals surface area contributed by atoms with Gasteiger partial charge in [0.15, 0.2) is 0 Å². The Hall–Kier alpha value is -5.74. The summed E-state index contributed by atoms with van der Waals surface area (Å²) < 4.78 is 21.1. The summed E-state index contributed by atoms with van der Waals surface area (Å²) in [7, 11) is 2.64. The van der Waals surface area contributed by atoms with Gasteiger partial charge in [-0.25, -0.2) is 19.6 Å². The topological polar surface area (TPSA) is 193 Å². The number of amides is 4. The van der Waals surface area contributed by atoms with Crippen molar-refractivity contribution in [2.24, 2.45) is 35.5 Å². The van der Waals surface area contributed by atoms with Gasteiger partial charge in [0.1, 0.15) is 23.7 Å². The lowest BCUT2D eigenvalue weighted by molar-refractivity contribution is -0.139.